The summed E-state index contributed by atoms with van der Waals surface area (Å²) >= 11 is 0. The quantitative estimate of drug-likeness (QED) is 0.829. The highest BCUT2D eigenvalue weighted by Gasteiger charge is 2.31. The van der Waals surface area contributed by atoms with Gasteiger partial charge >= 0.3 is 0 Å². The van der Waals surface area contributed by atoms with Gasteiger partial charge in [-0.1, -0.05) is 30.8 Å². The molecule has 5 heteroatoms. The fourth-order valence-electron chi connectivity index (χ4n) is 2.86. The third-order valence-corrected chi connectivity index (χ3v) is 4.35. The first-order valence-corrected chi connectivity index (χ1v) is 7.63. The zero-order valence-electron chi connectivity index (χ0n) is 11.7. The van der Waals surface area contributed by atoms with Crippen LogP contribution in [0.15, 0.2) is 10.6 Å². The predicted molar refractivity (Wildman–Crippen MR) is 73.5 cm³/mol. The van der Waals surface area contributed by atoms with Crippen LogP contribution in [0, 0.1) is 0 Å². The molecule has 1 amide bonds. The van der Waals surface area contributed by atoms with Crippen molar-refractivity contribution in [3.8, 4) is 0 Å². The molecule has 2 N–H and O–H groups in total. The van der Waals surface area contributed by atoms with E-state index in [0.717, 1.165) is 44.3 Å². The summed E-state index contributed by atoms with van der Waals surface area (Å²) in [6, 6.07) is 1.73. The number of aliphatic hydroxyl groups is 1. The number of rotatable bonds is 4. The Morgan fingerprint density at radius 3 is 2.70 bits per heavy atom. The summed E-state index contributed by atoms with van der Waals surface area (Å²) in [6.45, 7) is 0.303. The molecule has 0 bridgehead atoms. The zero-order valence-corrected chi connectivity index (χ0v) is 11.7. The molecular weight excluding hydrogens is 256 g/mol. The number of carbonyl (C=O) groups is 1. The topological polar surface area (TPSA) is 75.4 Å². The van der Waals surface area contributed by atoms with Gasteiger partial charge in [0.25, 0.3) is 5.91 Å². The van der Waals surface area contributed by atoms with Crippen molar-refractivity contribution in [1.29, 1.82) is 0 Å². The molecule has 2 saturated carbocycles. The highest BCUT2D eigenvalue weighted by Crippen LogP contribution is 2.40. The molecule has 0 aromatic carbocycles. The van der Waals surface area contributed by atoms with Crippen molar-refractivity contribution in [2.45, 2.75) is 62.9 Å². The van der Waals surface area contributed by atoms with Crippen LogP contribution in [0.3, 0.4) is 0 Å². The average molecular weight is 278 g/mol. The first kappa shape index (κ1) is 13.6. The molecule has 0 atom stereocenters. The van der Waals surface area contributed by atoms with E-state index in [1.807, 2.05) is 0 Å². The van der Waals surface area contributed by atoms with E-state index in [1.165, 1.54) is 12.8 Å². The number of amides is 1. The maximum absolute atomic E-state index is 12.0. The Morgan fingerprint density at radius 2 is 2.05 bits per heavy atom. The number of nitrogens with one attached hydrogen (secondary N) is 1. The molecule has 0 spiro atoms. The highest BCUT2D eigenvalue weighted by atomic mass is 16.5. The lowest BCUT2D eigenvalue weighted by atomic mass is 9.94. The molecule has 2 aliphatic carbocycles. The van der Waals surface area contributed by atoms with Gasteiger partial charge in [-0.2, -0.15) is 0 Å². The molecule has 0 aliphatic heterocycles. The van der Waals surface area contributed by atoms with Crippen LogP contribution in [-0.4, -0.2) is 28.3 Å². The maximum Gasteiger partial charge on any atom is 0.273 e. The molecular formula is C15H22N2O3. The molecule has 5 nitrogen and oxygen atoms in total. The SMILES string of the molecule is O=C(NCC1(O)CCCCCC1)c1cc(C2CC2)on1. The minimum Gasteiger partial charge on any atom is -0.388 e. The molecule has 3 rings (SSSR count). The van der Waals surface area contributed by atoms with Crippen molar-refractivity contribution in [2.75, 3.05) is 6.54 Å². The standard InChI is InChI=1S/C15H22N2O3/c18-14(12-9-13(20-17-12)11-5-6-11)16-10-15(19)7-3-1-2-4-8-15/h9,11,19H,1-8,10H2,(H,16,18). The van der Waals surface area contributed by atoms with Crippen LogP contribution >= 0.6 is 0 Å². The van der Waals surface area contributed by atoms with E-state index in [4.69, 9.17) is 4.52 Å². The Balaban J connectivity index is 1.54. The summed E-state index contributed by atoms with van der Waals surface area (Å²) in [5, 5.41) is 17.1. The van der Waals surface area contributed by atoms with E-state index in [0.29, 0.717) is 18.2 Å². The van der Waals surface area contributed by atoms with Crippen LogP contribution in [0.5, 0.6) is 0 Å². The molecule has 0 saturated heterocycles. The Kier molecular flexibility index (Phi) is 3.78. The van der Waals surface area contributed by atoms with Crippen LogP contribution in [0.4, 0.5) is 0 Å². The lowest BCUT2D eigenvalue weighted by molar-refractivity contribution is 0.0245. The van der Waals surface area contributed by atoms with Crippen molar-refractivity contribution in [2.24, 2.45) is 0 Å². The Bertz CT molecular complexity index is 471. The van der Waals surface area contributed by atoms with Crippen molar-refractivity contribution < 1.29 is 14.4 Å². The second-order valence-corrected chi connectivity index (χ2v) is 6.21. The largest absolute Gasteiger partial charge is 0.388 e. The average Bonchev–Trinajstić information content (AvgIpc) is 3.21. The Labute approximate surface area is 118 Å². The third-order valence-electron chi connectivity index (χ3n) is 4.35. The summed E-state index contributed by atoms with van der Waals surface area (Å²) in [4.78, 5) is 12.0. The zero-order chi connectivity index (χ0) is 14.0. The number of aromatic nitrogens is 1. The Hall–Kier alpha value is -1.36. The second kappa shape index (κ2) is 5.56. The minimum absolute atomic E-state index is 0.252. The van der Waals surface area contributed by atoms with E-state index >= 15 is 0 Å². The van der Waals surface area contributed by atoms with E-state index in [2.05, 4.69) is 10.5 Å². The second-order valence-electron chi connectivity index (χ2n) is 6.21. The number of hydrogen-bond acceptors (Lipinski definition) is 4. The Morgan fingerprint density at radius 1 is 1.35 bits per heavy atom. The molecule has 20 heavy (non-hydrogen) atoms. The van der Waals surface area contributed by atoms with E-state index in [1.54, 1.807) is 6.07 Å². The van der Waals surface area contributed by atoms with Gasteiger partial charge in [-0.25, -0.2) is 0 Å². The number of hydrogen-bond donors (Lipinski definition) is 2. The summed E-state index contributed by atoms with van der Waals surface area (Å²) < 4.78 is 5.17. The summed E-state index contributed by atoms with van der Waals surface area (Å²) in [5.41, 5.74) is -0.431. The summed E-state index contributed by atoms with van der Waals surface area (Å²) in [5.74, 6) is 1.01. The smallest absolute Gasteiger partial charge is 0.273 e. The molecule has 0 unspecified atom stereocenters. The van der Waals surface area contributed by atoms with E-state index < -0.39 is 5.60 Å². The fraction of sp³-hybridized carbons (Fsp3) is 0.733. The van der Waals surface area contributed by atoms with Gasteiger partial charge in [0.1, 0.15) is 5.76 Å². The molecule has 2 aliphatic rings. The van der Waals surface area contributed by atoms with Crippen LogP contribution in [0.2, 0.25) is 0 Å². The first-order chi connectivity index (χ1) is 9.66. The summed E-state index contributed by atoms with van der Waals surface area (Å²) in [7, 11) is 0. The molecule has 0 radical (unpaired) electrons. The van der Waals surface area contributed by atoms with Crippen LogP contribution < -0.4 is 5.32 Å². The molecule has 2 fully saturated rings. The van der Waals surface area contributed by atoms with E-state index in [-0.39, 0.29) is 5.91 Å². The maximum atomic E-state index is 12.0. The van der Waals surface area contributed by atoms with Gasteiger partial charge in [0, 0.05) is 18.5 Å². The predicted octanol–water partition coefficient (Wildman–Crippen LogP) is 2.37. The van der Waals surface area contributed by atoms with Crippen molar-refractivity contribution in [3.63, 3.8) is 0 Å². The van der Waals surface area contributed by atoms with Gasteiger partial charge in [-0.05, 0) is 25.7 Å². The summed E-state index contributed by atoms with van der Waals surface area (Å²) in [6.07, 6.45) is 8.17. The minimum atomic E-state index is -0.755. The fourth-order valence-corrected chi connectivity index (χ4v) is 2.86. The van der Waals surface area contributed by atoms with Crippen molar-refractivity contribution >= 4 is 5.91 Å². The van der Waals surface area contributed by atoms with Gasteiger partial charge in [-0.15, -0.1) is 0 Å². The van der Waals surface area contributed by atoms with Crippen LogP contribution in [-0.2, 0) is 0 Å². The normalized spacial score (nSPS) is 22.2. The first-order valence-electron chi connectivity index (χ1n) is 7.63. The van der Waals surface area contributed by atoms with Crippen molar-refractivity contribution in [1.82, 2.24) is 10.5 Å². The molecule has 110 valence electrons. The lowest BCUT2D eigenvalue weighted by Crippen LogP contribution is -2.42. The van der Waals surface area contributed by atoms with Gasteiger partial charge in [-0.3, -0.25) is 4.79 Å². The van der Waals surface area contributed by atoms with Crippen molar-refractivity contribution in [3.05, 3.63) is 17.5 Å². The highest BCUT2D eigenvalue weighted by molar-refractivity contribution is 5.92. The van der Waals surface area contributed by atoms with Crippen LogP contribution in [0.25, 0.3) is 0 Å². The van der Waals surface area contributed by atoms with Gasteiger partial charge < -0.3 is 14.9 Å². The van der Waals surface area contributed by atoms with E-state index in [9.17, 15) is 9.90 Å². The van der Waals surface area contributed by atoms with Gasteiger partial charge in [0.15, 0.2) is 5.69 Å². The lowest BCUT2D eigenvalue weighted by Gasteiger charge is -2.26. The monoisotopic (exact) mass is 278 g/mol. The number of nitrogens with zero attached hydrogens (tertiary/aromatic N) is 1. The number of carbonyl (C=O) groups excluding carboxylic acids is 1. The van der Waals surface area contributed by atoms with Gasteiger partial charge in [0.05, 0.1) is 5.60 Å². The van der Waals surface area contributed by atoms with Gasteiger partial charge in [0.2, 0.25) is 0 Å². The molecule has 1 aromatic heterocycles. The third kappa shape index (κ3) is 3.20. The molecule has 1 aromatic rings. The van der Waals surface area contributed by atoms with Crippen LogP contribution in [0.1, 0.15) is 73.5 Å². The molecule has 1 heterocycles.